The van der Waals surface area contributed by atoms with E-state index in [2.05, 4.69) is 10.1 Å². The van der Waals surface area contributed by atoms with E-state index in [1.54, 1.807) is 6.07 Å². The van der Waals surface area contributed by atoms with E-state index >= 15 is 0 Å². The van der Waals surface area contributed by atoms with E-state index in [9.17, 15) is 13.6 Å². The molecule has 1 aliphatic rings. The molecule has 0 heterocycles. The van der Waals surface area contributed by atoms with Crippen molar-refractivity contribution in [2.24, 2.45) is 0 Å². The minimum atomic E-state index is -3.04. The molecule has 1 fully saturated rings. The Morgan fingerprint density at radius 1 is 1.16 bits per heavy atom. The fraction of sp³-hybridized carbons (Fsp3) is 0.316. The Balaban J connectivity index is 1.76. The Bertz CT molecular complexity index is 746. The Morgan fingerprint density at radius 3 is 2.48 bits per heavy atom. The third-order valence-corrected chi connectivity index (χ3v) is 4.48. The molecular formula is C19H19F2NO3. The monoisotopic (exact) mass is 347 g/mol. The molecule has 6 heteroatoms. The van der Waals surface area contributed by atoms with E-state index in [1.165, 1.54) is 24.8 Å². The molecule has 0 spiro atoms. The summed E-state index contributed by atoms with van der Waals surface area (Å²) in [5.41, 5.74) is 1.13. The molecule has 0 unspecified atom stereocenters. The standard InChI is InChI=1S/C19H19F2NO3/c1-24-15-9-5-8-14(16(15)25-18(20)21)17(23)22-12-19(10-11-19)13-6-3-2-4-7-13/h2-9,18H,10-12H2,1H3,(H,22,23). The van der Waals surface area contributed by atoms with Gasteiger partial charge in [-0.1, -0.05) is 36.4 Å². The normalized spacial score (nSPS) is 14.9. The molecule has 0 aliphatic heterocycles. The first-order valence-corrected chi connectivity index (χ1v) is 8.01. The fourth-order valence-electron chi connectivity index (χ4n) is 2.92. The van der Waals surface area contributed by atoms with E-state index in [1.807, 2.05) is 30.3 Å². The molecule has 132 valence electrons. The Kier molecular flexibility index (Phi) is 4.88. The summed E-state index contributed by atoms with van der Waals surface area (Å²) < 4.78 is 34.9. The van der Waals surface area contributed by atoms with Gasteiger partial charge in [-0.2, -0.15) is 8.78 Å². The van der Waals surface area contributed by atoms with Gasteiger partial charge in [0.1, 0.15) is 0 Å². The zero-order valence-electron chi connectivity index (χ0n) is 13.8. The zero-order chi connectivity index (χ0) is 17.9. The van der Waals surface area contributed by atoms with Gasteiger partial charge < -0.3 is 14.8 Å². The first-order valence-electron chi connectivity index (χ1n) is 8.01. The average Bonchev–Trinajstić information content (AvgIpc) is 3.41. The number of alkyl halides is 2. The summed E-state index contributed by atoms with van der Waals surface area (Å²) in [5, 5.41) is 2.85. The predicted octanol–water partition coefficient (Wildman–Crippen LogP) is 3.76. The first kappa shape index (κ1) is 17.2. The number of nitrogens with one attached hydrogen (secondary N) is 1. The number of carbonyl (C=O) groups excluding carboxylic acids is 1. The lowest BCUT2D eigenvalue weighted by Crippen LogP contribution is -2.32. The van der Waals surface area contributed by atoms with Crippen LogP contribution in [0.25, 0.3) is 0 Å². The van der Waals surface area contributed by atoms with Crippen molar-refractivity contribution in [2.45, 2.75) is 24.9 Å². The summed E-state index contributed by atoms with van der Waals surface area (Å²) in [7, 11) is 1.34. The summed E-state index contributed by atoms with van der Waals surface area (Å²) >= 11 is 0. The smallest absolute Gasteiger partial charge is 0.387 e. The molecule has 1 N–H and O–H groups in total. The number of rotatable bonds is 7. The van der Waals surface area contributed by atoms with Crippen LogP contribution >= 0.6 is 0 Å². The maximum Gasteiger partial charge on any atom is 0.387 e. The number of methoxy groups -OCH3 is 1. The maximum atomic E-state index is 12.7. The van der Waals surface area contributed by atoms with E-state index in [-0.39, 0.29) is 22.5 Å². The minimum Gasteiger partial charge on any atom is -0.493 e. The lowest BCUT2D eigenvalue weighted by molar-refractivity contribution is -0.0515. The Morgan fingerprint density at radius 2 is 1.88 bits per heavy atom. The largest absolute Gasteiger partial charge is 0.493 e. The van der Waals surface area contributed by atoms with Gasteiger partial charge in [0.2, 0.25) is 0 Å². The van der Waals surface area contributed by atoms with Crippen LogP contribution in [0.4, 0.5) is 8.78 Å². The molecule has 25 heavy (non-hydrogen) atoms. The number of hydrogen-bond donors (Lipinski definition) is 1. The molecular weight excluding hydrogens is 328 g/mol. The number of ether oxygens (including phenoxy) is 2. The van der Waals surface area contributed by atoms with Crippen LogP contribution in [0.2, 0.25) is 0 Å². The van der Waals surface area contributed by atoms with Crippen LogP contribution in [-0.2, 0) is 5.41 Å². The fourth-order valence-corrected chi connectivity index (χ4v) is 2.92. The van der Waals surface area contributed by atoms with Gasteiger partial charge in [0.15, 0.2) is 11.5 Å². The second-order valence-electron chi connectivity index (χ2n) is 6.04. The summed E-state index contributed by atoms with van der Waals surface area (Å²) in [6.07, 6.45) is 1.96. The van der Waals surface area contributed by atoms with Crippen LogP contribution in [0, 0.1) is 0 Å². The van der Waals surface area contributed by atoms with Crippen LogP contribution in [0.15, 0.2) is 48.5 Å². The van der Waals surface area contributed by atoms with Crippen molar-refractivity contribution in [3.8, 4) is 11.5 Å². The van der Waals surface area contributed by atoms with Crippen LogP contribution in [0.3, 0.4) is 0 Å². The van der Waals surface area contributed by atoms with Crippen molar-refractivity contribution in [2.75, 3.05) is 13.7 Å². The number of carbonyl (C=O) groups is 1. The van der Waals surface area contributed by atoms with Gasteiger partial charge in [-0.05, 0) is 30.5 Å². The SMILES string of the molecule is COc1cccc(C(=O)NCC2(c3ccccc3)CC2)c1OC(F)F. The quantitative estimate of drug-likeness (QED) is 0.830. The van der Waals surface area contributed by atoms with Gasteiger partial charge in [0, 0.05) is 12.0 Å². The lowest BCUT2D eigenvalue weighted by Gasteiger charge is -2.18. The highest BCUT2D eigenvalue weighted by Crippen LogP contribution is 2.47. The van der Waals surface area contributed by atoms with Crippen molar-refractivity contribution in [3.63, 3.8) is 0 Å². The summed E-state index contributed by atoms with van der Waals surface area (Å²) in [6, 6.07) is 14.4. The number of para-hydroxylation sites is 1. The highest BCUT2D eigenvalue weighted by molar-refractivity contribution is 5.97. The molecule has 1 saturated carbocycles. The lowest BCUT2D eigenvalue weighted by atomic mass is 9.96. The third-order valence-electron chi connectivity index (χ3n) is 4.48. The second kappa shape index (κ2) is 7.09. The molecule has 0 atom stereocenters. The molecule has 1 amide bonds. The van der Waals surface area contributed by atoms with Crippen LogP contribution in [0.5, 0.6) is 11.5 Å². The summed E-state index contributed by atoms with van der Waals surface area (Å²) in [4.78, 5) is 12.5. The van der Waals surface area contributed by atoms with E-state index < -0.39 is 12.5 Å². The first-order chi connectivity index (χ1) is 12.1. The third kappa shape index (κ3) is 3.73. The Hall–Kier alpha value is -2.63. The zero-order valence-corrected chi connectivity index (χ0v) is 13.8. The van der Waals surface area contributed by atoms with Crippen molar-refractivity contribution >= 4 is 5.91 Å². The Labute approximate surface area is 144 Å². The number of amides is 1. The average molecular weight is 347 g/mol. The van der Waals surface area contributed by atoms with E-state index in [4.69, 9.17) is 4.74 Å². The van der Waals surface area contributed by atoms with Crippen molar-refractivity contribution < 1.29 is 23.0 Å². The molecule has 1 aliphatic carbocycles. The van der Waals surface area contributed by atoms with E-state index in [0.717, 1.165) is 12.8 Å². The highest BCUT2D eigenvalue weighted by atomic mass is 19.3. The molecule has 0 radical (unpaired) electrons. The van der Waals surface area contributed by atoms with Crippen molar-refractivity contribution in [3.05, 3.63) is 59.7 Å². The topological polar surface area (TPSA) is 47.6 Å². The van der Waals surface area contributed by atoms with Gasteiger partial charge in [0.25, 0.3) is 5.91 Å². The molecule has 2 aromatic rings. The van der Waals surface area contributed by atoms with Crippen LogP contribution < -0.4 is 14.8 Å². The number of halogens is 2. The minimum absolute atomic E-state index is 0.0310. The van der Waals surface area contributed by atoms with Gasteiger partial charge >= 0.3 is 6.61 Å². The van der Waals surface area contributed by atoms with Gasteiger partial charge in [-0.25, -0.2) is 0 Å². The number of benzene rings is 2. The van der Waals surface area contributed by atoms with Gasteiger partial charge in [-0.15, -0.1) is 0 Å². The molecule has 0 saturated heterocycles. The number of hydrogen-bond acceptors (Lipinski definition) is 3. The highest BCUT2D eigenvalue weighted by Gasteiger charge is 2.44. The molecule has 0 aromatic heterocycles. The van der Waals surface area contributed by atoms with E-state index in [0.29, 0.717) is 6.54 Å². The van der Waals surface area contributed by atoms with Crippen LogP contribution in [-0.4, -0.2) is 26.2 Å². The van der Waals surface area contributed by atoms with Crippen LogP contribution in [0.1, 0.15) is 28.8 Å². The molecule has 0 bridgehead atoms. The van der Waals surface area contributed by atoms with Crippen molar-refractivity contribution in [1.82, 2.24) is 5.32 Å². The summed E-state index contributed by atoms with van der Waals surface area (Å²) in [5.74, 6) is -0.615. The molecule has 3 rings (SSSR count). The second-order valence-corrected chi connectivity index (χ2v) is 6.04. The molecule has 2 aromatic carbocycles. The molecule has 4 nitrogen and oxygen atoms in total. The van der Waals surface area contributed by atoms with Gasteiger partial charge in [0.05, 0.1) is 12.7 Å². The van der Waals surface area contributed by atoms with Crippen molar-refractivity contribution in [1.29, 1.82) is 0 Å². The van der Waals surface area contributed by atoms with Gasteiger partial charge in [-0.3, -0.25) is 4.79 Å². The predicted molar refractivity (Wildman–Crippen MR) is 89.3 cm³/mol. The summed E-state index contributed by atoms with van der Waals surface area (Å²) in [6.45, 7) is -2.59. The maximum absolute atomic E-state index is 12.7.